The molecule has 1 heterocycles. The van der Waals surface area contributed by atoms with Gasteiger partial charge in [-0.1, -0.05) is 11.6 Å². The van der Waals surface area contributed by atoms with E-state index in [2.05, 4.69) is 5.48 Å². The summed E-state index contributed by atoms with van der Waals surface area (Å²) in [6, 6.07) is 3.60. The predicted octanol–water partition coefficient (Wildman–Crippen LogP) is 2.88. The number of furan rings is 1. The SMILES string of the molecule is COc1cc(CNO)c(Cl)c2cc(C)oc12. The standard InChI is InChI=1S/C11H12ClNO3/c1-6-3-8-10(12)7(5-13-14)4-9(15-2)11(8)16-6/h3-4,13-14H,5H2,1-2H3. The number of ether oxygens (including phenoxy) is 1. The summed E-state index contributed by atoms with van der Waals surface area (Å²) in [7, 11) is 1.57. The highest BCUT2D eigenvalue weighted by atomic mass is 35.5. The summed E-state index contributed by atoms with van der Waals surface area (Å²) >= 11 is 6.20. The number of aryl methyl sites for hydroxylation is 1. The van der Waals surface area contributed by atoms with Gasteiger partial charge in [-0.3, -0.25) is 0 Å². The van der Waals surface area contributed by atoms with Gasteiger partial charge >= 0.3 is 0 Å². The molecule has 1 aromatic heterocycles. The third-order valence-corrected chi connectivity index (χ3v) is 2.84. The molecule has 0 saturated carbocycles. The maximum absolute atomic E-state index is 8.71. The van der Waals surface area contributed by atoms with Crippen molar-refractivity contribution in [3.8, 4) is 5.75 Å². The zero-order valence-electron chi connectivity index (χ0n) is 9.00. The molecule has 2 N–H and O–H groups in total. The van der Waals surface area contributed by atoms with E-state index in [4.69, 9.17) is 26.0 Å². The summed E-state index contributed by atoms with van der Waals surface area (Å²) in [6.07, 6.45) is 0. The Labute approximate surface area is 97.7 Å². The molecule has 0 bridgehead atoms. The largest absolute Gasteiger partial charge is 0.493 e. The first-order chi connectivity index (χ1) is 7.67. The van der Waals surface area contributed by atoms with Crippen LogP contribution in [0.3, 0.4) is 0 Å². The Hall–Kier alpha value is -1.23. The Morgan fingerprint density at radius 3 is 2.88 bits per heavy atom. The average molecular weight is 242 g/mol. The van der Waals surface area contributed by atoms with Crippen LogP contribution in [0.1, 0.15) is 11.3 Å². The molecule has 0 radical (unpaired) electrons. The van der Waals surface area contributed by atoms with E-state index < -0.39 is 0 Å². The highest BCUT2D eigenvalue weighted by molar-refractivity contribution is 6.36. The van der Waals surface area contributed by atoms with Gasteiger partial charge < -0.3 is 14.4 Å². The molecule has 1 aromatic carbocycles. The monoisotopic (exact) mass is 241 g/mol. The number of rotatable bonds is 3. The van der Waals surface area contributed by atoms with E-state index in [0.29, 0.717) is 16.4 Å². The van der Waals surface area contributed by atoms with E-state index in [1.54, 1.807) is 13.2 Å². The first kappa shape index (κ1) is 11.3. The number of hydroxylamine groups is 1. The number of hydrogen-bond acceptors (Lipinski definition) is 4. The van der Waals surface area contributed by atoms with Crippen molar-refractivity contribution in [1.82, 2.24) is 5.48 Å². The van der Waals surface area contributed by atoms with Crippen molar-refractivity contribution in [2.24, 2.45) is 0 Å². The summed E-state index contributed by atoms with van der Waals surface area (Å²) in [5.74, 6) is 1.38. The molecular weight excluding hydrogens is 230 g/mol. The van der Waals surface area contributed by atoms with Crippen molar-refractivity contribution in [3.05, 3.63) is 28.5 Å². The normalized spacial score (nSPS) is 11.0. The molecule has 2 rings (SSSR count). The van der Waals surface area contributed by atoms with Gasteiger partial charge in [-0.15, -0.1) is 0 Å². The predicted molar refractivity (Wildman–Crippen MR) is 61.1 cm³/mol. The van der Waals surface area contributed by atoms with Crippen molar-refractivity contribution in [1.29, 1.82) is 0 Å². The van der Waals surface area contributed by atoms with Gasteiger partial charge in [0.1, 0.15) is 5.76 Å². The van der Waals surface area contributed by atoms with E-state index in [0.717, 1.165) is 16.7 Å². The third-order valence-electron chi connectivity index (χ3n) is 2.39. The summed E-state index contributed by atoms with van der Waals surface area (Å²) in [5.41, 5.74) is 3.47. The second-order valence-electron chi connectivity index (χ2n) is 3.49. The van der Waals surface area contributed by atoms with Crippen LogP contribution in [-0.4, -0.2) is 12.3 Å². The minimum atomic E-state index is 0.259. The molecule has 0 fully saturated rings. The van der Waals surface area contributed by atoms with Crippen molar-refractivity contribution >= 4 is 22.6 Å². The molecule has 0 spiro atoms. The second-order valence-corrected chi connectivity index (χ2v) is 3.86. The lowest BCUT2D eigenvalue weighted by atomic mass is 10.1. The van der Waals surface area contributed by atoms with Crippen LogP contribution in [0.15, 0.2) is 16.5 Å². The van der Waals surface area contributed by atoms with Crippen molar-refractivity contribution < 1.29 is 14.4 Å². The molecular formula is C11H12ClNO3. The Morgan fingerprint density at radius 2 is 2.25 bits per heavy atom. The molecule has 0 saturated heterocycles. The molecule has 16 heavy (non-hydrogen) atoms. The average Bonchev–Trinajstić information content (AvgIpc) is 2.65. The maximum atomic E-state index is 8.71. The van der Waals surface area contributed by atoms with Crippen LogP contribution in [0.2, 0.25) is 5.02 Å². The van der Waals surface area contributed by atoms with Crippen LogP contribution in [-0.2, 0) is 6.54 Å². The molecule has 2 aromatic rings. The fourth-order valence-electron chi connectivity index (χ4n) is 1.69. The number of nitrogens with one attached hydrogen (secondary N) is 1. The van der Waals surface area contributed by atoms with Crippen LogP contribution >= 0.6 is 11.6 Å². The van der Waals surface area contributed by atoms with Gasteiger partial charge in [-0.2, -0.15) is 0 Å². The first-order valence-electron chi connectivity index (χ1n) is 4.80. The molecule has 86 valence electrons. The maximum Gasteiger partial charge on any atom is 0.177 e. The lowest BCUT2D eigenvalue weighted by Gasteiger charge is -2.07. The first-order valence-corrected chi connectivity index (χ1v) is 5.17. The molecule has 0 atom stereocenters. The summed E-state index contributed by atoms with van der Waals surface area (Å²) < 4.78 is 10.7. The number of halogens is 1. The van der Waals surface area contributed by atoms with Gasteiger partial charge in [0.05, 0.1) is 12.1 Å². The van der Waals surface area contributed by atoms with E-state index in [1.807, 2.05) is 13.0 Å². The minimum absolute atomic E-state index is 0.259. The fraction of sp³-hybridized carbons (Fsp3) is 0.273. The van der Waals surface area contributed by atoms with Crippen LogP contribution in [0.25, 0.3) is 11.0 Å². The summed E-state index contributed by atoms with van der Waals surface area (Å²) in [6.45, 7) is 2.11. The Kier molecular flexibility index (Phi) is 3.05. The van der Waals surface area contributed by atoms with Gasteiger partial charge in [0.2, 0.25) is 0 Å². The van der Waals surface area contributed by atoms with Crippen LogP contribution in [0.5, 0.6) is 5.75 Å². The zero-order chi connectivity index (χ0) is 11.7. The van der Waals surface area contributed by atoms with Gasteiger partial charge in [0.25, 0.3) is 0 Å². The lowest BCUT2D eigenvalue weighted by Crippen LogP contribution is -2.06. The van der Waals surface area contributed by atoms with E-state index in [1.165, 1.54) is 0 Å². The molecule has 4 nitrogen and oxygen atoms in total. The highest BCUT2D eigenvalue weighted by Gasteiger charge is 2.14. The number of fused-ring (bicyclic) bond motifs is 1. The third kappa shape index (κ3) is 1.75. The highest BCUT2D eigenvalue weighted by Crippen LogP contribution is 2.36. The van der Waals surface area contributed by atoms with Crippen molar-refractivity contribution in [2.75, 3.05) is 7.11 Å². The van der Waals surface area contributed by atoms with E-state index >= 15 is 0 Å². The molecule has 0 unspecified atom stereocenters. The molecule has 0 aliphatic heterocycles. The summed E-state index contributed by atoms with van der Waals surface area (Å²) in [4.78, 5) is 0. The van der Waals surface area contributed by atoms with Crippen LogP contribution in [0.4, 0.5) is 0 Å². The molecule has 0 aliphatic carbocycles. The topological polar surface area (TPSA) is 54.6 Å². The summed E-state index contributed by atoms with van der Waals surface area (Å²) in [5, 5.41) is 10.1. The Balaban J connectivity index is 2.71. The van der Waals surface area contributed by atoms with E-state index in [9.17, 15) is 0 Å². The fourth-order valence-corrected chi connectivity index (χ4v) is 1.95. The van der Waals surface area contributed by atoms with Crippen molar-refractivity contribution in [2.45, 2.75) is 13.5 Å². The number of methoxy groups -OCH3 is 1. The van der Waals surface area contributed by atoms with Gasteiger partial charge in [-0.25, -0.2) is 5.48 Å². The number of hydrogen-bond donors (Lipinski definition) is 2. The van der Waals surface area contributed by atoms with Gasteiger partial charge in [-0.05, 0) is 24.6 Å². The molecule has 0 aliphatic rings. The Morgan fingerprint density at radius 1 is 1.50 bits per heavy atom. The molecule has 5 heteroatoms. The minimum Gasteiger partial charge on any atom is -0.493 e. The van der Waals surface area contributed by atoms with E-state index in [-0.39, 0.29) is 6.54 Å². The number of benzene rings is 1. The smallest absolute Gasteiger partial charge is 0.177 e. The lowest BCUT2D eigenvalue weighted by molar-refractivity contribution is 0.161. The van der Waals surface area contributed by atoms with Crippen LogP contribution in [0, 0.1) is 6.92 Å². The van der Waals surface area contributed by atoms with Gasteiger partial charge in [0, 0.05) is 11.9 Å². The van der Waals surface area contributed by atoms with Gasteiger partial charge in [0.15, 0.2) is 11.3 Å². The zero-order valence-corrected chi connectivity index (χ0v) is 9.76. The Bertz CT molecular complexity index is 521. The van der Waals surface area contributed by atoms with Crippen LogP contribution < -0.4 is 10.2 Å². The quantitative estimate of drug-likeness (QED) is 0.812. The van der Waals surface area contributed by atoms with Crippen molar-refractivity contribution in [3.63, 3.8) is 0 Å². The molecule has 0 amide bonds. The second kappa shape index (κ2) is 4.33.